The van der Waals surface area contributed by atoms with Crippen LogP contribution in [-0.2, 0) is 9.59 Å². The van der Waals surface area contributed by atoms with Crippen molar-refractivity contribution in [2.24, 2.45) is 0 Å². The van der Waals surface area contributed by atoms with Crippen molar-refractivity contribution in [3.05, 3.63) is 48.5 Å². The predicted molar refractivity (Wildman–Crippen MR) is 244 cm³/mol. The third kappa shape index (κ3) is 12.3. The number of halogens is 4. The Balaban J connectivity index is 0.000000375. The highest BCUT2D eigenvalue weighted by molar-refractivity contribution is 6.05. The number of carbonyl (C=O) groups excluding carboxylic acids is 4. The van der Waals surface area contributed by atoms with Crippen LogP contribution in [0.4, 0.5) is 32.3 Å². The van der Waals surface area contributed by atoms with Crippen LogP contribution in [0.25, 0.3) is 0 Å². The summed E-state index contributed by atoms with van der Waals surface area (Å²) >= 11 is 0. The molecule has 0 spiro atoms. The van der Waals surface area contributed by atoms with Gasteiger partial charge in [-0.15, -0.1) is 49.6 Å². The zero-order valence-corrected chi connectivity index (χ0v) is 37.1. The van der Waals surface area contributed by atoms with E-state index >= 15 is 0 Å². The van der Waals surface area contributed by atoms with E-state index in [2.05, 4.69) is 43.9 Å². The number of anilines is 4. The summed E-state index contributed by atoms with van der Waals surface area (Å²) in [5, 5.41) is 0. The molecule has 0 radical (unpaired) electrons. The fraction of sp³-hybridized carbons (Fsp3) is 0.600. The molecule has 6 fully saturated rings. The molecule has 0 aliphatic carbocycles. The number of benzene rings is 2. The number of unbranched alkanes of at least 4 members (excludes halogenated alkanes) is 2. The maximum atomic E-state index is 12.3. The van der Waals surface area contributed by atoms with Crippen molar-refractivity contribution >= 4 is 96.3 Å². The van der Waals surface area contributed by atoms with Crippen LogP contribution in [0.1, 0.15) is 51.4 Å². The van der Waals surface area contributed by atoms with Crippen LogP contribution in [-0.4, -0.2) is 162 Å². The summed E-state index contributed by atoms with van der Waals surface area (Å²) in [6, 6.07) is 15.7. The second kappa shape index (κ2) is 24.1. The molecule has 6 heterocycles. The van der Waals surface area contributed by atoms with Gasteiger partial charge in [0, 0.05) is 101 Å². The zero-order chi connectivity index (χ0) is 37.6. The van der Waals surface area contributed by atoms with Crippen LogP contribution in [0.2, 0.25) is 0 Å². The number of amides is 6. The summed E-state index contributed by atoms with van der Waals surface area (Å²) in [7, 11) is 0. The fourth-order valence-electron chi connectivity index (χ4n) is 8.82. The highest BCUT2D eigenvalue weighted by Gasteiger charge is 2.47. The molecule has 8 rings (SSSR count). The first kappa shape index (κ1) is 51.7. The predicted octanol–water partition coefficient (Wildman–Crippen LogP) is 4.06. The van der Waals surface area contributed by atoms with E-state index in [1.807, 2.05) is 24.3 Å². The molecule has 6 saturated heterocycles. The van der Waals surface area contributed by atoms with Crippen LogP contribution in [0.5, 0.6) is 0 Å². The maximum Gasteiger partial charge on any atom is 0.327 e. The number of piperazine rings is 2. The van der Waals surface area contributed by atoms with E-state index in [0.717, 1.165) is 141 Å². The number of fused-ring (bicyclic) bond motifs is 2. The number of imide groups is 2. The average molecular weight is 907 g/mol. The van der Waals surface area contributed by atoms with Crippen LogP contribution in [0.15, 0.2) is 48.5 Å². The molecule has 19 heteroatoms. The van der Waals surface area contributed by atoms with Crippen molar-refractivity contribution in [1.82, 2.24) is 29.4 Å². The van der Waals surface area contributed by atoms with E-state index in [4.69, 9.17) is 11.5 Å². The Morgan fingerprint density at radius 1 is 0.458 bits per heavy atom. The van der Waals surface area contributed by atoms with Gasteiger partial charge in [-0.25, -0.2) is 9.59 Å². The van der Waals surface area contributed by atoms with Gasteiger partial charge >= 0.3 is 12.1 Å². The van der Waals surface area contributed by atoms with Crippen molar-refractivity contribution in [1.29, 1.82) is 0 Å². The van der Waals surface area contributed by atoms with Gasteiger partial charge < -0.3 is 36.5 Å². The van der Waals surface area contributed by atoms with E-state index in [-0.39, 0.29) is 91.1 Å². The topological polar surface area (TPSA) is 178 Å². The minimum absolute atomic E-state index is 0. The van der Waals surface area contributed by atoms with Crippen molar-refractivity contribution < 1.29 is 24.7 Å². The minimum Gasteiger partial charge on any atom is -0.412 e. The van der Waals surface area contributed by atoms with Gasteiger partial charge in [0.25, 0.3) is 11.8 Å². The highest BCUT2D eigenvalue weighted by atomic mass is 35.5. The third-order valence-electron chi connectivity index (χ3n) is 12.0. The lowest BCUT2D eigenvalue weighted by atomic mass is 10.2. The largest absolute Gasteiger partial charge is 0.412 e. The lowest BCUT2D eigenvalue weighted by molar-refractivity contribution is -0.128. The quantitative estimate of drug-likeness (QED) is 0.180. The lowest BCUT2D eigenvalue weighted by Gasteiger charge is -2.36. The molecule has 59 heavy (non-hydrogen) atoms. The first-order valence-electron chi connectivity index (χ1n) is 20.2. The molecular weight excluding hydrogens is 842 g/mol. The summed E-state index contributed by atoms with van der Waals surface area (Å²) in [6.45, 7) is 12.9. The smallest absolute Gasteiger partial charge is 0.327 e. The number of carbonyl (C=O) groups is 4. The van der Waals surface area contributed by atoms with Crippen molar-refractivity contribution in [2.45, 2.75) is 63.5 Å². The number of rotatable bonds is 12. The van der Waals surface area contributed by atoms with Crippen molar-refractivity contribution in [2.75, 3.05) is 113 Å². The van der Waals surface area contributed by atoms with Crippen LogP contribution in [0.3, 0.4) is 0 Å². The lowest BCUT2D eigenvalue weighted by Crippen LogP contribution is -2.46. The Bertz CT molecular complexity index is 1470. The Labute approximate surface area is 373 Å². The Morgan fingerprint density at radius 2 is 0.780 bits per heavy atom. The van der Waals surface area contributed by atoms with Gasteiger partial charge in [-0.3, -0.25) is 29.2 Å². The van der Waals surface area contributed by atoms with Gasteiger partial charge in [-0.05, 0) is 113 Å². The molecule has 6 aliphatic rings. The standard InChI is InChI=1S/2C20H29N5O2.4ClH.H2O/c2*21-16-5-7-17(8-6-16)23-14-12-22(13-15-23)9-1-2-10-25-19(26)18-4-3-11-24(18)20(25)27;;;;;/h2*5-8,18H,1-4,9-15,21H2;4*1H;1H2. The molecule has 2 aromatic rings. The van der Waals surface area contributed by atoms with Gasteiger partial charge in [-0.2, -0.15) is 0 Å². The summed E-state index contributed by atoms with van der Waals surface area (Å²) in [6.07, 6.45) is 7.38. The molecule has 0 bridgehead atoms. The van der Waals surface area contributed by atoms with Gasteiger partial charge in [0.15, 0.2) is 0 Å². The molecule has 6 amide bonds. The summed E-state index contributed by atoms with van der Waals surface area (Å²) in [5.41, 5.74) is 15.6. The molecule has 0 saturated carbocycles. The second-order valence-corrected chi connectivity index (χ2v) is 15.5. The summed E-state index contributed by atoms with van der Waals surface area (Å²) in [4.78, 5) is 65.4. The third-order valence-corrected chi connectivity index (χ3v) is 12.0. The van der Waals surface area contributed by atoms with Crippen molar-refractivity contribution in [3.63, 3.8) is 0 Å². The van der Waals surface area contributed by atoms with Gasteiger partial charge in [-0.1, -0.05) is 0 Å². The Hall–Kier alpha value is -3.44. The molecule has 2 atom stereocenters. The van der Waals surface area contributed by atoms with E-state index in [0.29, 0.717) is 13.1 Å². The molecule has 2 aromatic carbocycles. The molecule has 2 unspecified atom stereocenters. The Morgan fingerprint density at radius 3 is 1.10 bits per heavy atom. The number of nitrogen functional groups attached to an aromatic ring is 2. The van der Waals surface area contributed by atoms with Crippen LogP contribution < -0.4 is 21.3 Å². The molecule has 15 nitrogen and oxygen atoms in total. The van der Waals surface area contributed by atoms with Crippen LogP contribution in [0, 0.1) is 0 Å². The number of urea groups is 2. The molecule has 6 aliphatic heterocycles. The normalized spacial score (nSPS) is 21.4. The van der Waals surface area contributed by atoms with E-state index in [1.54, 1.807) is 9.80 Å². The van der Waals surface area contributed by atoms with E-state index in [9.17, 15) is 19.2 Å². The zero-order valence-electron chi connectivity index (χ0n) is 33.8. The average Bonchev–Trinajstić information content (AvgIpc) is 3.97. The number of nitrogens with zero attached hydrogens (tertiary/aromatic N) is 8. The van der Waals surface area contributed by atoms with Gasteiger partial charge in [0.1, 0.15) is 12.1 Å². The molecule has 0 aromatic heterocycles. The van der Waals surface area contributed by atoms with E-state index in [1.165, 1.54) is 21.2 Å². The van der Waals surface area contributed by atoms with Crippen molar-refractivity contribution in [3.8, 4) is 0 Å². The SMILES string of the molecule is Cl.Cl.Cl.Cl.Nc1ccc(N2CCN(CCCCN3C(=O)C4CCCN4C3=O)CC2)cc1.Nc1ccc(N2CCN(CCCCN3C(=O)C4CCCN4C3=O)CC2)cc1.O. The second-order valence-electron chi connectivity index (χ2n) is 15.5. The monoisotopic (exact) mass is 904 g/mol. The first-order chi connectivity index (χ1) is 26.3. The summed E-state index contributed by atoms with van der Waals surface area (Å²) in [5.74, 6) is 0.0456. The van der Waals surface area contributed by atoms with Crippen LogP contribution >= 0.6 is 49.6 Å². The van der Waals surface area contributed by atoms with Gasteiger partial charge in [0.2, 0.25) is 0 Å². The molecule has 332 valence electrons. The molecule has 6 N–H and O–H groups in total. The number of nitrogens with two attached hydrogens (primary N) is 2. The molecular formula is C40H64Cl4N10O5. The number of hydrogen-bond donors (Lipinski definition) is 2. The summed E-state index contributed by atoms with van der Waals surface area (Å²) < 4.78 is 0. The minimum atomic E-state index is -0.168. The highest BCUT2D eigenvalue weighted by Crippen LogP contribution is 2.29. The fourth-order valence-corrected chi connectivity index (χ4v) is 8.82. The first-order valence-corrected chi connectivity index (χ1v) is 20.2. The Kier molecular flexibility index (Phi) is 21.1. The van der Waals surface area contributed by atoms with E-state index < -0.39 is 0 Å². The maximum absolute atomic E-state index is 12.3. The van der Waals surface area contributed by atoms with Gasteiger partial charge in [0.05, 0.1) is 0 Å². The number of hydrogen-bond acceptors (Lipinski definition) is 10.